The fourth-order valence-electron chi connectivity index (χ4n) is 2.51. The van der Waals surface area contributed by atoms with Gasteiger partial charge in [0.05, 0.1) is 24.5 Å². The number of aliphatic imine (C=N–C) groups is 1. The highest BCUT2D eigenvalue weighted by Crippen LogP contribution is 2.23. The number of hydrogen-bond donors (Lipinski definition) is 2. The third kappa shape index (κ3) is 6.74. The van der Waals surface area contributed by atoms with Gasteiger partial charge in [-0.05, 0) is 13.3 Å². The molecule has 0 saturated heterocycles. The van der Waals surface area contributed by atoms with E-state index in [9.17, 15) is 0 Å². The second kappa shape index (κ2) is 11.0. The zero-order valence-electron chi connectivity index (χ0n) is 17.2. The molecule has 0 saturated carbocycles. The lowest BCUT2D eigenvalue weighted by Crippen LogP contribution is -2.36. The molecule has 0 aliphatic heterocycles. The van der Waals surface area contributed by atoms with Crippen LogP contribution in [0.2, 0.25) is 0 Å². The highest BCUT2D eigenvalue weighted by molar-refractivity contribution is 14.0. The molecule has 0 aromatic carbocycles. The lowest BCUT2D eigenvalue weighted by molar-refractivity contribution is 0.380. The van der Waals surface area contributed by atoms with Crippen LogP contribution in [0.5, 0.6) is 0 Å². The van der Waals surface area contributed by atoms with E-state index in [0.717, 1.165) is 53.1 Å². The lowest BCUT2D eigenvalue weighted by Gasteiger charge is -2.14. The summed E-state index contributed by atoms with van der Waals surface area (Å²) in [5, 5.41) is 14.0. The van der Waals surface area contributed by atoms with E-state index in [-0.39, 0.29) is 29.4 Å². The Labute approximate surface area is 183 Å². The summed E-state index contributed by atoms with van der Waals surface area (Å²) in [6, 6.07) is 0. The number of guanidine groups is 1. The minimum Gasteiger partial charge on any atom is -0.361 e. The van der Waals surface area contributed by atoms with E-state index in [1.807, 2.05) is 0 Å². The van der Waals surface area contributed by atoms with Gasteiger partial charge in [-0.3, -0.25) is 0 Å². The van der Waals surface area contributed by atoms with Crippen LogP contribution in [0.4, 0.5) is 0 Å². The maximum atomic E-state index is 5.42. The molecule has 27 heavy (non-hydrogen) atoms. The Kier molecular flexibility index (Phi) is 9.72. The van der Waals surface area contributed by atoms with Crippen molar-refractivity contribution in [2.24, 2.45) is 4.99 Å². The second-order valence-electron chi connectivity index (χ2n) is 7.16. The number of halogens is 1. The summed E-state index contributed by atoms with van der Waals surface area (Å²) < 4.78 is 5.42. The number of nitrogens with one attached hydrogen (secondary N) is 2. The Hall–Kier alpha value is -1.16. The summed E-state index contributed by atoms with van der Waals surface area (Å²) >= 11 is 1.68. The van der Waals surface area contributed by atoms with Gasteiger partial charge < -0.3 is 15.2 Å². The van der Waals surface area contributed by atoms with Crippen LogP contribution in [-0.2, 0) is 31.3 Å². The maximum Gasteiger partial charge on any atom is 0.191 e. The molecular formula is C19H32IN5OS. The number of aryl methyl sites for hydroxylation is 2. The van der Waals surface area contributed by atoms with Gasteiger partial charge in [-0.1, -0.05) is 39.8 Å². The SMILES string of the molecule is CCNC(=NCc1c(CC)noc1CC)NCc1nc(C(C)(C)C)cs1.I. The van der Waals surface area contributed by atoms with Crippen molar-refractivity contribution in [1.29, 1.82) is 0 Å². The summed E-state index contributed by atoms with van der Waals surface area (Å²) in [5.41, 5.74) is 3.31. The van der Waals surface area contributed by atoms with E-state index in [2.05, 4.69) is 62.7 Å². The van der Waals surface area contributed by atoms with Crippen LogP contribution in [0.1, 0.15) is 69.3 Å². The van der Waals surface area contributed by atoms with Gasteiger partial charge in [-0.15, -0.1) is 35.3 Å². The van der Waals surface area contributed by atoms with Gasteiger partial charge in [0.1, 0.15) is 10.8 Å². The molecule has 152 valence electrons. The van der Waals surface area contributed by atoms with Gasteiger partial charge in [-0.25, -0.2) is 9.98 Å². The zero-order valence-corrected chi connectivity index (χ0v) is 20.3. The fourth-order valence-corrected chi connectivity index (χ4v) is 3.47. The molecule has 2 rings (SSSR count). The van der Waals surface area contributed by atoms with Gasteiger partial charge in [0.2, 0.25) is 0 Å². The molecule has 0 spiro atoms. The summed E-state index contributed by atoms with van der Waals surface area (Å²) in [7, 11) is 0. The molecule has 0 aliphatic rings. The zero-order chi connectivity index (χ0) is 19.2. The summed E-state index contributed by atoms with van der Waals surface area (Å²) in [4.78, 5) is 9.44. The quantitative estimate of drug-likeness (QED) is 0.331. The van der Waals surface area contributed by atoms with E-state index in [4.69, 9.17) is 14.5 Å². The Morgan fingerprint density at radius 3 is 2.48 bits per heavy atom. The first-order valence-corrected chi connectivity index (χ1v) is 10.2. The van der Waals surface area contributed by atoms with Crippen molar-refractivity contribution in [2.75, 3.05) is 6.54 Å². The average Bonchev–Trinajstić information content (AvgIpc) is 3.23. The molecule has 2 aromatic heterocycles. The van der Waals surface area contributed by atoms with Crippen LogP contribution >= 0.6 is 35.3 Å². The van der Waals surface area contributed by atoms with Gasteiger partial charge in [-0.2, -0.15) is 0 Å². The first kappa shape index (κ1) is 23.9. The van der Waals surface area contributed by atoms with Gasteiger partial charge in [0, 0.05) is 29.3 Å². The van der Waals surface area contributed by atoms with Crippen molar-refractivity contribution in [3.8, 4) is 0 Å². The third-order valence-electron chi connectivity index (χ3n) is 4.07. The largest absolute Gasteiger partial charge is 0.361 e. The van der Waals surface area contributed by atoms with Gasteiger partial charge >= 0.3 is 0 Å². The van der Waals surface area contributed by atoms with E-state index >= 15 is 0 Å². The highest BCUT2D eigenvalue weighted by Gasteiger charge is 2.17. The predicted molar refractivity (Wildman–Crippen MR) is 123 cm³/mol. The van der Waals surface area contributed by atoms with Crippen LogP contribution < -0.4 is 10.6 Å². The number of rotatable bonds is 7. The van der Waals surface area contributed by atoms with Crippen LogP contribution in [0.15, 0.2) is 14.9 Å². The first-order chi connectivity index (χ1) is 12.4. The van der Waals surface area contributed by atoms with Gasteiger partial charge in [0.15, 0.2) is 5.96 Å². The van der Waals surface area contributed by atoms with Crippen LogP contribution in [0, 0.1) is 0 Å². The lowest BCUT2D eigenvalue weighted by atomic mass is 9.93. The van der Waals surface area contributed by atoms with Crippen molar-refractivity contribution in [1.82, 2.24) is 20.8 Å². The Morgan fingerprint density at radius 1 is 1.19 bits per heavy atom. The summed E-state index contributed by atoms with van der Waals surface area (Å²) in [6.45, 7) is 14.8. The number of hydrogen-bond acceptors (Lipinski definition) is 5. The molecule has 0 bridgehead atoms. The molecule has 0 atom stereocenters. The number of nitrogens with zero attached hydrogens (tertiary/aromatic N) is 3. The topological polar surface area (TPSA) is 75.3 Å². The Balaban J connectivity index is 0.00000364. The van der Waals surface area contributed by atoms with E-state index < -0.39 is 0 Å². The maximum absolute atomic E-state index is 5.42. The molecule has 6 nitrogen and oxygen atoms in total. The van der Waals surface area contributed by atoms with Crippen LogP contribution in [-0.4, -0.2) is 22.6 Å². The van der Waals surface area contributed by atoms with Crippen molar-refractivity contribution >= 4 is 41.3 Å². The normalized spacial score (nSPS) is 12.0. The highest BCUT2D eigenvalue weighted by atomic mass is 127. The molecule has 0 unspecified atom stereocenters. The van der Waals surface area contributed by atoms with E-state index in [1.165, 1.54) is 0 Å². The van der Waals surface area contributed by atoms with Gasteiger partial charge in [0.25, 0.3) is 0 Å². The first-order valence-electron chi connectivity index (χ1n) is 9.32. The summed E-state index contributed by atoms with van der Waals surface area (Å²) in [6.07, 6.45) is 1.68. The molecule has 0 amide bonds. The Bertz CT molecular complexity index is 711. The van der Waals surface area contributed by atoms with Crippen molar-refractivity contribution < 1.29 is 4.52 Å². The molecular weight excluding hydrogens is 473 g/mol. The summed E-state index contributed by atoms with van der Waals surface area (Å²) in [5.74, 6) is 1.71. The minimum atomic E-state index is 0. The van der Waals surface area contributed by atoms with Crippen molar-refractivity contribution in [2.45, 2.75) is 72.9 Å². The van der Waals surface area contributed by atoms with Crippen molar-refractivity contribution in [3.05, 3.63) is 33.1 Å². The minimum absolute atomic E-state index is 0. The monoisotopic (exact) mass is 505 g/mol. The van der Waals surface area contributed by atoms with E-state index in [0.29, 0.717) is 13.1 Å². The molecule has 2 heterocycles. The number of thiazole rings is 1. The van der Waals surface area contributed by atoms with Crippen molar-refractivity contribution in [3.63, 3.8) is 0 Å². The molecule has 2 N–H and O–H groups in total. The standard InChI is InChI=1S/C19H31N5OS.HI/c1-7-14-13(15(8-2)25-24-14)10-21-18(20-9-3)22-11-17-23-16(12-26-17)19(4,5)6;/h12H,7-11H2,1-6H3,(H2,20,21,22);1H. The molecule has 0 fully saturated rings. The number of aromatic nitrogens is 2. The fraction of sp³-hybridized carbons (Fsp3) is 0.632. The van der Waals surface area contributed by atoms with E-state index in [1.54, 1.807) is 11.3 Å². The smallest absolute Gasteiger partial charge is 0.191 e. The third-order valence-corrected chi connectivity index (χ3v) is 4.92. The van der Waals surface area contributed by atoms with Crippen LogP contribution in [0.25, 0.3) is 0 Å². The molecule has 0 aliphatic carbocycles. The second-order valence-corrected chi connectivity index (χ2v) is 8.11. The molecule has 0 radical (unpaired) electrons. The predicted octanol–water partition coefficient (Wildman–Crippen LogP) is 4.43. The average molecular weight is 505 g/mol. The molecule has 2 aromatic rings. The van der Waals surface area contributed by atoms with Crippen LogP contribution in [0.3, 0.4) is 0 Å². The molecule has 8 heteroatoms. The Morgan fingerprint density at radius 2 is 1.93 bits per heavy atom.